The monoisotopic (exact) mass is 428 g/mol. The minimum atomic E-state index is -3.60. The third kappa shape index (κ3) is 3.58. The molecule has 0 aromatic carbocycles. The second kappa shape index (κ2) is 7.05. The van der Waals surface area contributed by atoms with Crippen molar-refractivity contribution < 1.29 is 12.9 Å². The number of hydrogen-bond donors (Lipinski definition) is 0. The number of aromatic nitrogens is 2. The molecule has 3 heterocycles. The minimum Gasteiger partial charge on any atom is -0.360 e. The van der Waals surface area contributed by atoms with Crippen molar-refractivity contribution in [1.82, 2.24) is 14.4 Å². The molecule has 2 aromatic rings. The predicted molar refractivity (Wildman–Crippen MR) is 98.2 cm³/mol. The molecular formula is C16H21BrN4O3S. The van der Waals surface area contributed by atoms with E-state index in [2.05, 4.69) is 31.0 Å². The Bertz CT molecular complexity index is 862. The fourth-order valence-electron chi connectivity index (χ4n) is 3.18. The van der Waals surface area contributed by atoms with Crippen molar-refractivity contribution >= 4 is 31.8 Å². The first kappa shape index (κ1) is 18.3. The van der Waals surface area contributed by atoms with E-state index in [1.54, 1.807) is 20.0 Å². The maximum atomic E-state index is 13.0. The maximum absolute atomic E-state index is 13.0. The number of anilines is 1. The Morgan fingerprint density at radius 3 is 2.56 bits per heavy atom. The van der Waals surface area contributed by atoms with Gasteiger partial charge >= 0.3 is 0 Å². The Hall–Kier alpha value is -1.45. The van der Waals surface area contributed by atoms with E-state index < -0.39 is 10.0 Å². The molecule has 7 nitrogen and oxygen atoms in total. The lowest BCUT2D eigenvalue weighted by atomic mass is 10.2. The van der Waals surface area contributed by atoms with Crippen LogP contribution < -0.4 is 4.90 Å². The highest BCUT2D eigenvalue weighted by molar-refractivity contribution is 9.10. The van der Waals surface area contributed by atoms with Crippen LogP contribution in [0.2, 0.25) is 0 Å². The first-order chi connectivity index (χ1) is 11.8. The second-order valence-corrected chi connectivity index (χ2v) is 8.98. The lowest BCUT2D eigenvalue weighted by Gasteiger charge is -2.24. The molecule has 9 heteroatoms. The van der Waals surface area contributed by atoms with Gasteiger partial charge in [0.2, 0.25) is 10.0 Å². The van der Waals surface area contributed by atoms with Crippen LogP contribution in [-0.4, -0.2) is 49.0 Å². The zero-order valence-corrected chi connectivity index (χ0v) is 16.9. The Labute approximate surface area is 156 Å². The van der Waals surface area contributed by atoms with Crippen molar-refractivity contribution in [3.8, 4) is 0 Å². The van der Waals surface area contributed by atoms with Crippen LogP contribution in [0.4, 0.5) is 5.82 Å². The van der Waals surface area contributed by atoms with Gasteiger partial charge in [-0.1, -0.05) is 5.16 Å². The van der Waals surface area contributed by atoms with Gasteiger partial charge in [-0.2, -0.15) is 4.31 Å². The van der Waals surface area contributed by atoms with Gasteiger partial charge in [0.05, 0.1) is 0 Å². The Balaban J connectivity index is 1.82. The van der Waals surface area contributed by atoms with Gasteiger partial charge in [-0.3, -0.25) is 0 Å². The molecule has 0 atom stereocenters. The summed E-state index contributed by atoms with van der Waals surface area (Å²) >= 11 is 3.42. The molecule has 0 unspecified atom stereocenters. The van der Waals surface area contributed by atoms with E-state index in [1.807, 2.05) is 13.0 Å². The molecular weight excluding hydrogens is 408 g/mol. The summed E-state index contributed by atoms with van der Waals surface area (Å²) in [5.74, 6) is 1.24. The van der Waals surface area contributed by atoms with Crippen LogP contribution in [0.15, 0.2) is 26.2 Å². The normalized spacial score (nSPS) is 16.9. The van der Waals surface area contributed by atoms with Gasteiger partial charge in [0.15, 0.2) is 5.76 Å². The van der Waals surface area contributed by atoms with Crippen LogP contribution in [0.1, 0.15) is 23.4 Å². The molecule has 0 radical (unpaired) electrons. The Morgan fingerprint density at radius 1 is 1.16 bits per heavy atom. The van der Waals surface area contributed by atoms with E-state index in [0.717, 1.165) is 28.8 Å². The molecule has 136 valence electrons. The van der Waals surface area contributed by atoms with Crippen molar-refractivity contribution in [3.63, 3.8) is 0 Å². The number of nitrogens with zero attached hydrogens (tertiary/aromatic N) is 4. The SMILES string of the molecule is Cc1cc(Br)cnc1N1CCCN(S(=O)(=O)c2c(C)noc2C)CC1. The summed E-state index contributed by atoms with van der Waals surface area (Å²) in [7, 11) is -3.60. The molecule has 25 heavy (non-hydrogen) atoms. The summed E-state index contributed by atoms with van der Waals surface area (Å²) < 4.78 is 33.5. The highest BCUT2D eigenvalue weighted by Crippen LogP contribution is 2.26. The number of hydrogen-bond acceptors (Lipinski definition) is 6. The van der Waals surface area contributed by atoms with E-state index in [0.29, 0.717) is 31.1 Å². The summed E-state index contributed by atoms with van der Waals surface area (Å²) in [5.41, 5.74) is 1.47. The van der Waals surface area contributed by atoms with Crippen LogP contribution in [0.25, 0.3) is 0 Å². The molecule has 1 fully saturated rings. The molecule has 2 aromatic heterocycles. The summed E-state index contributed by atoms with van der Waals surface area (Å²) in [6, 6.07) is 2.02. The average molecular weight is 429 g/mol. The number of halogens is 1. The lowest BCUT2D eigenvalue weighted by Crippen LogP contribution is -2.36. The largest absolute Gasteiger partial charge is 0.360 e. The van der Waals surface area contributed by atoms with Gasteiger partial charge < -0.3 is 9.42 Å². The number of sulfonamides is 1. The van der Waals surface area contributed by atoms with Crippen LogP contribution in [0, 0.1) is 20.8 Å². The molecule has 0 amide bonds. The third-order valence-electron chi connectivity index (χ3n) is 4.34. The van der Waals surface area contributed by atoms with E-state index in [9.17, 15) is 8.42 Å². The number of rotatable bonds is 3. The summed E-state index contributed by atoms with van der Waals surface area (Å²) in [4.78, 5) is 6.83. The zero-order chi connectivity index (χ0) is 18.2. The molecule has 0 saturated carbocycles. The fourth-order valence-corrected chi connectivity index (χ4v) is 5.39. The highest BCUT2D eigenvalue weighted by atomic mass is 79.9. The Kier molecular flexibility index (Phi) is 5.17. The lowest BCUT2D eigenvalue weighted by molar-refractivity contribution is 0.389. The summed E-state index contributed by atoms with van der Waals surface area (Å²) in [6.07, 6.45) is 2.51. The van der Waals surface area contributed by atoms with Crippen molar-refractivity contribution in [3.05, 3.63) is 33.8 Å². The van der Waals surface area contributed by atoms with Crippen LogP contribution in [0.3, 0.4) is 0 Å². The van der Waals surface area contributed by atoms with Gasteiger partial charge in [0, 0.05) is 36.8 Å². The van der Waals surface area contributed by atoms with Crippen LogP contribution in [-0.2, 0) is 10.0 Å². The smallest absolute Gasteiger partial charge is 0.248 e. The van der Waals surface area contributed by atoms with Crippen molar-refractivity contribution in [2.75, 3.05) is 31.1 Å². The van der Waals surface area contributed by atoms with Gasteiger partial charge in [0.25, 0.3) is 0 Å². The van der Waals surface area contributed by atoms with E-state index in [4.69, 9.17) is 4.52 Å². The van der Waals surface area contributed by atoms with Gasteiger partial charge in [-0.15, -0.1) is 0 Å². The van der Waals surface area contributed by atoms with E-state index in [1.165, 1.54) is 4.31 Å². The molecule has 1 saturated heterocycles. The molecule has 3 rings (SSSR count). The second-order valence-electron chi connectivity index (χ2n) is 6.19. The zero-order valence-electron chi connectivity index (χ0n) is 14.5. The number of pyridine rings is 1. The standard InChI is InChI=1S/C16H21BrN4O3S/c1-11-9-14(17)10-18-16(11)20-5-4-6-21(8-7-20)25(22,23)15-12(2)19-24-13(15)3/h9-10H,4-8H2,1-3H3. The predicted octanol–water partition coefficient (Wildman–Crippen LogP) is 2.66. The van der Waals surface area contributed by atoms with E-state index >= 15 is 0 Å². The molecule has 1 aliphatic heterocycles. The van der Waals surface area contributed by atoms with Gasteiger partial charge in [0.1, 0.15) is 16.4 Å². The quantitative estimate of drug-likeness (QED) is 0.747. The Morgan fingerprint density at radius 2 is 1.92 bits per heavy atom. The molecule has 1 aliphatic rings. The molecule has 0 aliphatic carbocycles. The van der Waals surface area contributed by atoms with E-state index in [-0.39, 0.29) is 4.90 Å². The highest BCUT2D eigenvalue weighted by Gasteiger charge is 2.32. The van der Waals surface area contributed by atoms with Crippen LogP contribution in [0.5, 0.6) is 0 Å². The van der Waals surface area contributed by atoms with Crippen molar-refractivity contribution in [2.45, 2.75) is 32.1 Å². The van der Waals surface area contributed by atoms with Crippen LogP contribution >= 0.6 is 15.9 Å². The molecule has 0 N–H and O–H groups in total. The fraction of sp³-hybridized carbons (Fsp3) is 0.500. The average Bonchev–Trinajstić information content (AvgIpc) is 2.74. The first-order valence-electron chi connectivity index (χ1n) is 8.11. The maximum Gasteiger partial charge on any atom is 0.248 e. The third-order valence-corrected chi connectivity index (χ3v) is 6.91. The molecule has 0 spiro atoms. The topological polar surface area (TPSA) is 79.5 Å². The molecule has 0 bridgehead atoms. The summed E-state index contributed by atoms with van der Waals surface area (Å²) in [5, 5.41) is 3.78. The van der Waals surface area contributed by atoms with Crippen molar-refractivity contribution in [1.29, 1.82) is 0 Å². The first-order valence-corrected chi connectivity index (χ1v) is 10.3. The summed E-state index contributed by atoms with van der Waals surface area (Å²) in [6.45, 7) is 7.54. The number of aryl methyl sites for hydroxylation is 3. The minimum absolute atomic E-state index is 0.193. The van der Waals surface area contributed by atoms with Gasteiger partial charge in [-0.25, -0.2) is 13.4 Å². The van der Waals surface area contributed by atoms with Gasteiger partial charge in [-0.05, 0) is 54.8 Å². The van der Waals surface area contributed by atoms with Crippen molar-refractivity contribution in [2.24, 2.45) is 0 Å².